The number of hydrogen-bond acceptors (Lipinski definition) is 5. The smallest absolute Gasteiger partial charge is 0.257 e. The summed E-state index contributed by atoms with van der Waals surface area (Å²) in [5, 5.41) is 4.29. The topological polar surface area (TPSA) is 73.1 Å². The van der Waals surface area contributed by atoms with Gasteiger partial charge in [0, 0.05) is 44.6 Å². The van der Waals surface area contributed by atoms with Crippen LogP contribution in [-0.4, -0.2) is 43.6 Å². The molecule has 3 aromatic rings. The molecule has 1 atom stereocenters. The number of benzene rings is 1. The van der Waals surface area contributed by atoms with Crippen LogP contribution in [0.3, 0.4) is 0 Å². The fraction of sp³-hybridized carbons (Fsp3) is 0.333. The van der Waals surface area contributed by atoms with E-state index >= 15 is 0 Å². The lowest BCUT2D eigenvalue weighted by molar-refractivity contribution is 0.0704. The first-order valence-corrected chi connectivity index (χ1v) is 9.45. The third-order valence-electron chi connectivity index (χ3n) is 4.99. The third kappa shape index (κ3) is 3.74. The highest BCUT2D eigenvalue weighted by Gasteiger charge is 2.30. The van der Waals surface area contributed by atoms with Crippen molar-refractivity contribution < 1.29 is 9.53 Å². The minimum atomic E-state index is 0.0183. The number of piperidine rings is 1. The Morgan fingerprint density at radius 3 is 2.71 bits per heavy atom. The van der Waals surface area contributed by atoms with Crippen LogP contribution in [0.5, 0.6) is 11.6 Å². The molecule has 0 saturated carbocycles. The number of aromatic nitrogens is 4. The third-order valence-corrected chi connectivity index (χ3v) is 4.99. The first kappa shape index (κ1) is 18.2. The molecule has 1 fully saturated rings. The Bertz CT molecular complexity index is 970. The van der Waals surface area contributed by atoms with Crippen LogP contribution in [-0.2, 0) is 7.05 Å². The minimum absolute atomic E-state index is 0.0183. The van der Waals surface area contributed by atoms with Crippen molar-refractivity contribution in [2.24, 2.45) is 7.05 Å². The monoisotopic (exact) mass is 377 g/mol. The molecule has 144 valence electrons. The number of aryl methyl sites for hydroxylation is 2. The highest BCUT2D eigenvalue weighted by Crippen LogP contribution is 2.33. The van der Waals surface area contributed by atoms with E-state index < -0.39 is 0 Å². The van der Waals surface area contributed by atoms with Gasteiger partial charge in [-0.05, 0) is 31.9 Å². The Labute approximate surface area is 164 Å². The summed E-state index contributed by atoms with van der Waals surface area (Å²) in [6, 6.07) is 9.56. The summed E-state index contributed by atoms with van der Waals surface area (Å²) in [5.41, 5.74) is 2.21. The van der Waals surface area contributed by atoms with Crippen LogP contribution in [0.2, 0.25) is 0 Å². The van der Waals surface area contributed by atoms with Crippen LogP contribution in [0.25, 0.3) is 0 Å². The highest BCUT2D eigenvalue weighted by molar-refractivity contribution is 5.95. The lowest BCUT2D eigenvalue weighted by atomic mass is 9.94. The van der Waals surface area contributed by atoms with Gasteiger partial charge in [0.2, 0.25) is 5.88 Å². The van der Waals surface area contributed by atoms with Gasteiger partial charge in [-0.15, -0.1) is 0 Å². The van der Waals surface area contributed by atoms with Crippen LogP contribution in [0.1, 0.15) is 40.5 Å². The van der Waals surface area contributed by atoms with E-state index in [4.69, 9.17) is 4.74 Å². The second kappa shape index (κ2) is 7.80. The highest BCUT2D eigenvalue weighted by atomic mass is 16.5. The Kier molecular flexibility index (Phi) is 5.06. The maximum absolute atomic E-state index is 13.0. The molecule has 0 radical (unpaired) electrons. The second-order valence-corrected chi connectivity index (χ2v) is 7.05. The van der Waals surface area contributed by atoms with Crippen LogP contribution in [0.15, 0.2) is 48.9 Å². The molecular formula is C21H23N5O2. The minimum Gasteiger partial charge on any atom is -0.437 e. The Morgan fingerprint density at radius 2 is 1.96 bits per heavy atom. The van der Waals surface area contributed by atoms with Gasteiger partial charge in [-0.1, -0.05) is 18.2 Å². The van der Waals surface area contributed by atoms with Crippen molar-refractivity contribution in [3.05, 3.63) is 65.9 Å². The van der Waals surface area contributed by atoms with Crippen molar-refractivity contribution in [3.8, 4) is 11.6 Å². The zero-order chi connectivity index (χ0) is 19.5. The number of likely N-dealkylation sites (tertiary alicyclic amines) is 1. The average Bonchev–Trinajstić information content (AvgIpc) is 3.07. The van der Waals surface area contributed by atoms with E-state index in [2.05, 4.69) is 15.1 Å². The number of nitrogens with zero attached hydrogens (tertiary/aromatic N) is 5. The largest absolute Gasteiger partial charge is 0.437 e. The molecule has 1 aliphatic heterocycles. The molecule has 7 nitrogen and oxygen atoms in total. The molecular weight excluding hydrogens is 354 g/mol. The first-order chi connectivity index (χ1) is 13.6. The van der Waals surface area contributed by atoms with E-state index in [1.54, 1.807) is 23.3 Å². The van der Waals surface area contributed by atoms with E-state index in [-0.39, 0.29) is 11.8 Å². The quantitative estimate of drug-likeness (QED) is 0.697. The van der Waals surface area contributed by atoms with Gasteiger partial charge in [-0.3, -0.25) is 14.5 Å². The van der Waals surface area contributed by atoms with Gasteiger partial charge >= 0.3 is 0 Å². The molecule has 4 rings (SSSR count). The molecule has 1 aromatic carbocycles. The Morgan fingerprint density at radius 1 is 1.18 bits per heavy atom. The summed E-state index contributed by atoms with van der Waals surface area (Å²) in [6.45, 7) is 3.19. The Balaban J connectivity index is 1.55. The lowest BCUT2D eigenvalue weighted by Gasteiger charge is -2.32. The first-order valence-electron chi connectivity index (χ1n) is 9.45. The number of carbonyl (C=O) groups excluding carboxylic acids is 1. The van der Waals surface area contributed by atoms with Crippen molar-refractivity contribution in [1.29, 1.82) is 0 Å². The summed E-state index contributed by atoms with van der Waals surface area (Å²) < 4.78 is 7.65. The summed E-state index contributed by atoms with van der Waals surface area (Å²) >= 11 is 0. The van der Waals surface area contributed by atoms with Gasteiger partial charge < -0.3 is 9.64 Å². The molecule has 28 heavy (non-hydrogen) atoms. The fourth-order valence-electron chi connectivity index (χ4n) is 3.66. The van der Waals surface area contributed by atoms with Gasteiger partial charge in [0.15, 0.2) is 0 Å². The fourth-order valence-corrected chi connectivity index (χ4v) is 3.66. The number of hydrogen-bond donors (Lipinski definition) is 0. The van der Waals surface area contributed by atoms with E-state index in [0.29, 0.717) is 18.0 Å². The van der Waals surface area contributed by atoms with Crippen molar-refractivity contribution in [3.63, 3.8) is 0 Å². The predicted octanol–water partition coefficient (Wildman–Crippen LogP) is 3.33. The van der Waals surface area contributed by atoms with Crippen molar-refractivity contribution in [1.82, 2.24) is 24.6 Å². The summed E-state index contributed by atoms with van der Waals surface area (Å²) in [7, 11) is 1.83. The summed E-state index contributed by atoms with van der Waals surface area (Å²) in [6.07, 6.45) is 6.95. The van der Waals surface area contributed by atoms with E-state index in [1.807, 2.05) is 49.2 Å². The summed E-state index contributed by atoms with van der Waals surface area (Å²) in [4.78, 5) is 23.8. The van der Waals surface area contributed by atoms with Crippen LogP contribution in [0, 0.1) is 6.92 Å². The van der Waals surface area contributed by atoms with Crippen molar-refractivity contribution >= 4 is 5.91 Å². The van der Waals surface area contributed by atoms with Crippen molar-refractivity contribution in [2.75, 3.05) is 13.1 Å². The second-order valence-electron chi connectivity index (χ2n) is 7.05. The Hall–Kier alpha value is -3.22. The van der Waals surface area contributed by atoms with E-state index in [9.17, 15) is 4.79 Å². The van der Waals surface area contributed by atoms with Gasteiger partial charge in [0.05, 0.1) is 11.3 Å². The molecule has 0 unspecified atom stereocenters. The normalized spacial score (nSPS) is 16.8. The lowest BCUT2D eigenvalue weighted by Crippen LogP contribution is -2.39. The van der Waals surface area contributed by atoms with Crippen molar-refractivity contribution in [2.45, 2.75) is 25.7 Å². The SMILES string of the molecule is Cc1nn(C)cc1C(=O)N1CCC[C@@H](c2nccnc2Oc2ccccc2)C1. The van der Waals surface area contributed by atoms with Gasteiger partial charge in [-0.25, -0.2) is 4.98 Å². The number of amides is 1. The molecule has 0 bridgehead atoms. The number of para-hydroxylation sites is 1. The van der Waals surface area contributed by atoms with Gasteiger partial charge in [-0.2, -0.15) is 5.10 Å². The molecule has 1 amide bonds. The summed E-state index contributed by atoms with van der Waals surface area (Å²) in [5.74, 6) is 1.33. The molecule has 3 heterocycles. The zero-order valence-corrected chi connectivity index (χ0v) is 16.1. The van der Waals surface area contributed by atoms with E-state index in [1.165, 1.54) is 0 Å². The van der Waals surface area contributed by atoms with Gasteiger partial charge in [0.25, 0.3) is 5.91 Å². The maximum atomic E-state index is 13.0. The molecule has 0 spiro atoms. The molecule has 1 aliphatic rings. The standard InChI is InChI=1S/C21H23N5O2/c1-15-18(14-25(2)24-15)21(27)26-12-6-7-16(13-26)19-20(23-11-10-22-19)28-17-8-4-3-5-9-17/h3-5,8-11,14,16H,6-7,12-13H2,1-2H3/t16-/m1/s1. The van der Waals surface area contributed by atoms with Gasteiger partial charge in [0.1, 0.15) is 11.4 Å². The maximum Gasteiger partial charge on any atom is 0.257 e. The zero-order valence-electron chi connectivity index (χ0n) is 16.1. The molecule has 0 N–H and O–H groups in total. The predicted molar refractivity (Wildman–Crippen MR) is 104 cm³/mol. The van der Waals surface area contributed by atoms with Crippen LogP contribution < -0.4 is 4.74 Å². The number of rotatable bonds is 4. The number of ether oxygens (including phenoxy) is 1. The average molecular weight is 377 g/mol. The molecule has 0 aliphatic carbocycles. The van der Waals surface area contributed by atoms with E-state index in [0.717, 1.165) is 36.5 Å². The van der Waals surface area contributed by atoms with Crippen LogP contribution >= 0.6 is 0 Å². The van der Waals surface area contributed by atoms with Crippen LogP contribution in [0.4, 0.5) is 0 Å². The molecule has 1 saturated heterocycles. The molecule has 7 heteroatoms. The molecule has 2 aromatic heterocycles. The number of carbonyl (C=O) groups is 1.